The first kappa shape index (κ1) is 9.97. The minimum Gasteiger partial charge on any atom is -0.335 e. The number of carbonyl (C=O) groups is 1. The maximum atomic E-state index is 12.3. The van der Waals surface area contributed by atoms with E-state index in [2.05, 4.69) is 10.2 Å². The van der Waals surface area contributed by atoms with Gasteiger partial charge in [-0.3, -0.25) is 10.1 Å². The van der Waals surface area contributed by atoms with Gasteiger partial charge >= 0.3 is 0 Å². The van der Waals surface area contributed by atoms with E-state index in [0.29, 0.717) is 18.0 Å². The van der Waals surface area contributed by atoms with Crippen molar-refractivity contribution in [1.29, 1.82) is 0 Å². The molecule has 3 fully saturated rings. The lowest BCUT2D eigenvalue weighted by Gasteiger charge is -2.36. The van der Waals surface area contributed by atoms with E-state index in [1.165, 1.54) is 32.1 Å². The number of amides is 1. The molecule has 84 valence electrons. The minimum atomic E-state index is 0.108. The van der Waals surface area contributed by atoms with E-state index in [-0.39, 0.29) is 6.04 Å². The van der Waals surface area contributed by atoms with Gasteiger partial charge in [0, 0.05) is 23.7 Å². The Morgan fingerprint density at radius 2 is 1.93 bits per heavy atom. The third-order valence-electron chi connectivity index (χ3n) is 3.96. The second-order valence-electron chi connectivity index (χ2n) is 4.83. The molecule has 3 rings (SSSR count). The summed E-state index contributed by atoms with van der Waals surface area (Å²) in [4.78, 5) is 14.5. The largest absolute Gasteiger partial charge is 0.335 e. The first-order valence-corrected chi connectivity index (χ1v) is 7.15. The lowest BCUT2D eigenvalue weighted by molar-refractivity contribution is -0.137. The van der Waals surface area contributed by atoms with Crippen LogP contribution in [0.4, 0.5) is 0 Å². The van der Waals surface area contributed by atoms with Crippen molar-refractivity contribution in [3.8, 4) is 0 Å². The fourth-order valence-corrected chi connectivity index (χ4v) is 4.14. The summed E-state index contributed by atoms with van der Waals surface area (Å²) < 4.78 is 0. The smallest absolute Gasteiger partial charge is 0.241 e. The zero-order valence-electron chi connectivity index (χ0n) is 8.95. The Balaban J connectivity index is 1.73. The van der Waals surface area contributed by atoms with Crippen molar-refractivity contribution in [1.82, 2.24) is 10.2 Å². The highest BCUT2D eigenvalue weighted by Crippen LogP contribution is 2.36. The molecular formula is C11H18N2OS. The third-order valence-corrected chi connectivity index (χ3v) is 4.90. The molecule has 3 aliphatic rings. The van der Waals surface area contributed by atoms with E-state index in [0.717, 1.165) is 11.6 Å². The van der Waals surface area contributed by atoms with Gasteiger partial charge in [-0.25, -0.2) is 0 Å². The second-order valence-corrected chi connectivity index (χ2v) is 5.86. The van der Waals surface area contributed by atoms with Crippen LogP contribution in [0.15, 0.2) is 0 Å². The average molecular weight is 226 g/mol. The molecule has 0 aromatic heterocycles. The minimum absolute atomic E-state index is 0.108. The molecular weight excluding hydrogens is 208 g/mol. The zero-order chi connectivity index (χ0) is 10.3. The average Bonchev–Trinajstić information content (AvgIpc) is 2.85. The molecule has 0 aromatic rings. The van der Waals surface area contributed by atoms with Crippen LogP contribution in [0.25, 0.3) is 0 Å². The molecule has 0 radical (unpaired) electrons. The van der Waals surface area contributed by atoms with Gasteiger partial charge in [0.1, 0.15) is 0 Å². The summed E-state index contributed by atoms with van der Waals surface area (Å²) in [6, 6.07) is 1.25. The molecule has 0 aliphatic carbocycles. The maximum absolute atomic E-state index is 12.3. The van der Waals surface area contributed by atoms with E-state index in [1.807, 2.05) is 11.8 Å². The van der Waals surface area contributed by atoms with Crippen LogP contribution in [-0.2, 0) is 4.79 Å². The van der Waals surface area contributed by atoms with Gasteiger partial charge in [-0.2, -0.15) is 0 Å². The van der Waals surface area contributed by atoms with Crippen molar-refractivity contribution >= 4 is 17.7 Å². The van der Waals surface area contributed by atoms with Crippen LogP contribution < -0.4 is 5.32 Å². The van der Waals surface area contributed by atoms with Crippen LogP contribution in [-0.4, -0.2) is 40.6 Å². The highest BCUT2D eigenvalue weighted by atomic mass is 32.2. The first-order chi connectivity index (χ1) is 7.36. The van der Waals surface area contributed by atoms with Crippen molar-refractivity contribution in [3.63, 3.8) is 0 Å². The number of nitrogens with one attached hydrogen (secondary N) is 1. The molecule has 0 saturated carbocycles. The fraction of sp³-hybridized carbons (Fsp3) is 0.909. The molecule has 0 aromatic carbocycles. The second kappa shape index (κ2) is 3.98. The summed E-state index contributed by atoms with van der Waals surface area (Å²) in [6.45, 7) is 0. The normalized spacial score (nSPS) is 39.7. The summed E-state index contributed by atoms with van der Waals surface area (Å²) in [5.74, 6) is 2.29. The van der Waals surface area contributed by atoms with Crippen molar-refractivity contribution in [3.05, 3.63) is 0 Å². The molecule has 3 atom stereocenters. The SMILES string of the molecule is O=C(C1CSCN1)N1C2CCCC1CC2. The summed E-state index contributed by atoms with van der Waals surface area (Å²) in [7, 11) is 0. The standard InChI is InChI=1S/C11H18N2OS/c14-11(10-6-15-7-12-10)13-8-2-1-3-9(13)5-4-8/h8-10,12H,1-7H2. The van der Waals surface area contributed by atoms with Crippen LogP contribution in [0, 0.1) is 0 Å². The van der Waals surface area contributed by atoms with Gasteiger partial charge in [0.15, 0.2) is 0 Å². The van der Waals surface area contributed by atoms with Gasteiger partial charge in [0.2, 0.25) is 5.91 Å². The van der Waals surface area contributed by atoms with Crippen LogP contribution in [0.1, 0.15) is 32.1 Å². The lowest BCUT2D eigenvalue weighted by Crippen LogP contribution is -2.51. The van der Waals surface area contributed by atoms with E-state index in [9.17, 15) is 4.79 Å². The van der Waals surface area contributed by atoms with Crippen molar-refractivity contribution in [2.45, 2.75) is 50.2 Å². The van der Waals surface area contributed by atoms with Crippen LogP contribution in [0.5, 0.6) is 0 Å². The summed E-state index contributed by atoms with van der Waals surface area (Å²) in [6.07, 6.45) is 6.29. The maximum Gasteiger partial charge on any atom is 0.241 e. The van der Waals surface area contributed by atoms with Gasteiger partial charge in [0.25, 0.3) is 0 Å². The topological polar surface area (TPSA) is 32.3 Å². The summed E-state index contributed by atoms with van der Waals surface area (Å²) >= 11 is 1.84. The van der Waals surface area contributed by atoms with Gasteiger partial charge < -0.3 is 4.90 Å². The van der Waals surface area contributed by atoms with E-state index < -0.39 is 0 Å². The van der Waals surface area contributed by atoms with E-state index in [1.54, 1.807) is 0 Å². The summed E-state index contributed by atoms with van der Waals surface area (Å²) in [5.41, 5.74) is 0. The Hall–Kier alpha value is -0.220. The molecule has 1 N–H and O–H groups in total. The number of fused-ring (bicyclic) bond motifs is 2. The predicted octanol–water partition coefficient (Wildman–Crippen LogP) is 1.19. The third kappa shape index (κ3) is 1.68. The fourth-order valence-electron chi connectivity index (χ4n) is 3.21. The van der Waals surface area contributed by atoms with Crippen LogP contribution >= 0.6 is 11.8 Å². The Labute approximate surface area is 95.0 Å². The highest BCUT2D eigenvalue weighted by molar-refractivity contribution is 7.99. The van der Waals surface area contributed by atoms with Crippen molar-refractivity contribution in [2.24, 2.45) is 0 Å². The van der Waals surface area contributed by atoms with Crippen molar-refractivity contribution in [2.75, 3.05) is 11.6 Å². The van der Waals surface area contributed by atoms with E-state index in [4.69, 9.17) is 0 Å². The Morgan fingerprint density at radius 1 is 1.20 bits per heavy atom. The number of nitrogens with zero attached hydrogens (tertiary/aromatic N) is 1. The first-order valence-electron chi connectivity index (χ1n) is 5.99. The quantitative estimate of drug-likeness (QED) is 0.729. The van der Waals surface area contributed by atoms with Crippen LogP contribution in [0.2, 0.25) is 0 Å². The van der Waals surface area contributed by atoms with Crippen LogP contribution in [0.3, 0.4) is 0 Å². The molecule has 3 heterocycles. The Bertz CT molecular complexity index is 249. The Kier molecular flexibility index (Phi) is 2.64. The molecule has 3 nitrogen and oxygen atoms in total. The number of carbonyl (C=O) groups excluding carboxylic acids is 1. The number of thioether (sulfide) groups is 1. The molecule has 4 heteroatoms. The molecule has 2 bridgehead atoms. The number of hydrogen-bond acceptors (Lipinski definition) is 3. The lowest BCUT2D eigenvalue weighted by atomic mass is 10.0. The molecule has 1 amide bonds. The van der Waals surface area contributed by atoms with Gasteiger partial charge in [-0.05, 0) is 32.1 Å². The molecule has 3 unspecified atom stereocenters. The number of rotatable bonds is 1. The Morgan fingerprint density at radius 3 is 2.53 bits per heavy atom. The summed E-state index contributed by atoms with van der Waals surface area (Å²) in [5, 5.41) is 3.29. The van der Waals surface area contributed by atoms with Gasteiger partial charge in [-0.15, -0.1) is 11.8 Å². The molecule has 15 heavy (non-hydrogen) atoms. The predicted molar refractivity (Wildman–Crippen MR) is 61.8 cm³/mol. The molecule has 3 aliphatic heterocycles. The number of piperidine rings is 1. The van der Waals surface area contributed by atoms with Crippen molar-refractivity contribution < 1.29 is 4.79 Å². The monoisotopic (exact) mass is 226 g/mol. The highest BCUT2D eigenvalue weighted by Gasteiger charge is 2.42. The molecule has 3 saturated heterocycles. The van der Waals surface area contributed by atoms with Gasteiger partial charge in [-0.1, -0.05) is 0 Å². The number of hydrogen-bond donors (Lipinski definition) is 1. The zero-order valence-corrected chi connectivity index (χ0v) is 9.76. The molecule has 0 spiro atoms. The van der Waals surface area contributed by atoms with E-state index >= 15 is 0 Å². The van der Waals surface area contributed by atoms with Gasteiger partial charge in [0.05, 0.1) is 6.04 Å².